The van der Waals surface area contributed by atoms with Gasteiger partial charge < -0.3 is 19.7 Å². The molecule has 4 aromatic rings. The number of nitrogens with zero attached hydrogens (tertiary/aromatic N) is 4. The number of ether oxygens (including phenoxy) is 2. The Morgan fingerprint density at radius 3 is 2.50 bits per heavy atom. The third-order valence-corrected chi connectivity index (χ3v) is 7.03. The minimum atomic E-state index is -1.66. The summed E-state index contributed by atoms with van der Waals surface area (Å²) >= 11 is 0. The molecule has 3 heterocycles. The number of hydrogen-bond donors (Lipinski definition) is 1. The normalized spacial score (nSPS) is 13.6. The molecule has 194 valence electrons. The number of benzene rings is 2. The van der Waals surface area contributed by atoms with Gasteiger partial charge in [0.2, 0.25) is 5.95 Å². The molecule has 0 saturated carbocycles. The average Bonchev–Trinajstić information content (AvgIpc) is 2.92. The molecule has 38 heavy (non-hydrogen) atoms. The topological polar surface area (TPSA) is 81.5 Å². The Hall–Kier alpha value is -4.13. The minimum Gasteiger partial charge on any atom is -0.494 e. The van der Waals surface area contributed by atoms with Gasteiger partial charge in [-0.1, -0.05) is 43.8 Å². The van der Waals surface area contributed by atoms with E-state index in [0.717, 1.165) is 35.5 Å². The predicted molar refractivity (Wildman–Crippen MR) is 155 cm³/mol. The number of fused-ring (bicyclic) bond motifs is 1. The highest BCUT2D eigenvalue weighted by Crippen LogP contribution is 2.32. The van der Waals surface area contributed by atoms with Crippen molar-refractivity contribution in [2.75, 3.05) is 43.6 Å². The van der Waals surface area contributed by atoms with Gasteiger partial charge in [0.25, 0.3) is 5.56 Å². The first-order chi connectivity index (χ1) is 18.3. The van der Waals surface area contributed by atoms with Crippen LogP contribution in [0.25, 0.3) is 16.7 Å². The first kappa shape index (κ1) is 25.5. The van der Waals surface area contributed by atoms with Gasteiger partial charge in [-0.15, -0.1) is 5.54 Å². The van der Waals surface area contributed by atoms with Gasteiger partial charge in [0.05, 0.1) is 37.1 Å². The molecule has 0 unspecified atom stereocenters. The van der Waals surface area contributed by atoms with Crippen LogP contribution in [0, 0.1) is 11.5 Å². The summed E-state index contributed by atoms with van der Waals surface area (Å²) in [6, 6.07) is 17.1. The Balaban J connectivity index is 1.59. The zero-order chi connectivity index (χ0) is 26.7. The molecule has 2 aromatic carbocycles. The van der Waals surface area contributed by atoms with Crippen molar-refractivity contribution in [2.45, 2.75) is 19.6 Å². The molecule has 0 aliphatic carbocycles. The van der Waals surface area contributed by atoms with E-state index in [1.165, 1.54) is 0 Å². The fourth-order valence-electron chi connectivity index (χ4n) is 4.27. The zero-order valence-electron chi connectivity index (χ0n) is 22.1. The fourth-order valence-corrected chi connectivity index (χ4v) is 4.78. The van der Waals surface area contributed by atoms with Crippen molar-refractivity contribution < 1.29 is 9.47 Å². The third-order valence-electron chi connectivity index (χ3n) is 6.15. The van der Waals surface area contributed by atoms with Crippen molar-refractivity contribution in [1.29, 1.82) is 0 Å². The maximum atomic E-state index is 13.3. The number of methoxy groups -OCH3 is 1. The van der Waals surface area contributed by atoms with Gasteiger partial charge in [-0.05, 0) is 24.3 Å². The van der Waals surface area contributed by atoms with E-state index in [9.17, 15) is 4.79 Å². The van der Waals surface area contributed by atoms with E-state index >= 15 is 0 Å². The Kier molecular flexibility index (Phi) is 7.18. The molecule has 1 aliphatic heterocycles. The summed E-state index contributed by atoms with van der Waals surface area (Å²) in [5.74, 6) is 4.27. The largest absolute Gasteiger partial charge is 0.494 e. The molecule has 0 bridgehead atoms. The first-order valence-electron chi connectivity index (χ1n) is 12.6. The smallest absolute Gasteiger partial charge is 0.258 e. The Morgan fingerprint density at radius 2 is 1.79 bits per heavy atom. The fraction of sp³-hybridized carbons (Fsp3) is 0.276. The number of nitrogens with one attached hydrogen (secondary N) is 1. The van der Waals surface area contributed by atoms with Gasteiger partial charge in [-0.25, -0.2) is 4.98 Å². The standard InChI is InChI=1S/C29H31N5O3Si/c1-36-26-19-23(33-13-15-37-16-14-33)10-11-25(26)31-29-30-20-24-21(12-17-38(2,3)4)18-27(35)34(28(24)32-29)22-8-6-5-7-9-22/h5-11,18-20H,13-16H2,1-4H3,(H,30,31,32). The molecule has 0 atom stereocenters. The lowest BCUT2D eigenvalue weighted by Crippen LogP contribution is -2.36. The van der Waals surface area contributed by atoms with Crippen LogP contribution in [0.5, 0.6) is 5.75 Å². The van der Waals surface area contributed by atoms with Crippen LogP contribution >= 0.6 is 0 Å². The molecule has 5 rings (SSSR count). The molecular formula is C29H31N5O3Si. The monoisotopic (exact) mass is 525 g/mol. The van der Waals surface area contributed by atoms with Crippen LogP contribution in [0.4, 0.5) is 17.3 Å². The van der Waals surface area contributed by atoms with Crippen molar-refractivity contribution in [1.82, 2.24) is 14.5 Å². The highest BCUT2D eigenvalue weighted by atomic mass is 28.3. The Morgan fingerprint density at radius 1 is 1.03 bits per heavy atom. The van der Waals surface area contributed by atoms with E-state index in [0.29, 0.717) is 36.1 Å². The number of morpholine rings is 1. The van der Waals surface area contributed by atoms with Crippen LogP contribution in [0.1, 0.15) is 5.56 Å². The molecule has 9 heteroatoms. The van der Waals surface area contributed by atoms with Crippen molar-refractivity contribution in [3.63, 3.8) is 0 Å². The van der Waals surface area contributed by atoms with E-state index in [-0.39, 0.29) is 5.56 Å². The van der Waals surface area contributed by atoms with Crippen molar-refractivity contribution in [3.8, 4) is 22.9 Å². The van der Waals surface area contributed by atoms with Gasteiger partial charge in [0.1, 0.15) is 13.8 Å². The van der Waals surface area contributed by atoms with Crippen LogP contribution in [0.2, 0.25) is 19.6 Å². The number of rotatable bonds is 5. The summed E-state index contributed by atoms with van der Waals surface area (Å²) in [5, 5.41) is 4.01. The molecule has 0 radical (unpaired) electrons. The first-order valence-corrected chi connectivity index (χ1v) is 16.1. The van der Waals surface area contributed by atoms with Crippen LogP contribution < -0.4 is 20.5 Å². The molecule has 0 spiro atoms. The lowest BCUT2D eigenvalue weighted by atomic mass is 10.2. The summed E-state index contributed by atoms with van der Waals surface area (Å²) < 4.78 is 12.8. The lowest BCUT2D eigenvalue weighted by Gasteiger charge is -2.29. The second kappa shape index (κ2) is 10.7. The van der Waals surface area contributed by atoms with Gasteiger partial charge >= 0.3 is 0 Å². The molecule has 2 aromatic heterocycles. The highest BCUT2D eigenvalue weighted by Gasteiger charge is 2.17. The maximum absolute atomic E-state index is 13.3. The molecule has 0 amide bonds. The van der Waals surface area contributed by atoms with Gasteiger partial charge in [0, 0.05) is 42.7 Å². The lowest BCUT2D eigenvalue weighted by molar-refractivity contribution is 0.122. The van der Waals surface area contributed by atoms with Crippen LogP contribution in [0.3, 0.4) is 0 Å². The quantitative estimate of drug-likeness (QED) is 0.301. The third kappa shape index (κ3) is 5.56. The van der Waals surface area contributed by atoms with E-state index in [4.69, 9.17) is 14.5 Å². The molecule has 1 saturated heterocycles. The molecule has 1 N–H and O–H groups in total. The second-order valence-electron chi connectivity index (χ2n) is 10.1. The number of hydrogen-bond acceptors (Lipinski definition) is 7. The number of para-hydroxylation sites is 1. The van der Waals surface area contributed by atoms with Crippen molar-refractivity contribution in [3.05, 3.63) is 76.7 Å². The molecule has 1 aliphatic rings. The van der Waals surface area contributed by atoms with Crippen molar-refractivity contribution >= 4 is 36.4 Å². The van der Waals surface area contributed by atoms with Crippen LogP contribution in [-0.4, -0.2) is 56.0 Å². The second-order valence-corrected chi connectivity index (χ2v) is 14.9. The van der Waals surface area contributed by atoms with E-state index in [1.54, 1.807) is 23.9 Å². The zero-order valence-corrected chi connectivity index (χ0v) is 23.1. The number of pyridine rings is 1. The average molecular weight is 526 g/mol. The van der Waals surface area contributed by atoms with Crippen LogP contribution in [-0.2, 0) is 4.74 Å². The molecular weight excluding hydrogens is 494 g/mol. The van der Waals surface area contributed by atoms with E-state index < -0.39 is 8.07 Å². The summed E-state index contributed by atoms with van der Waals surface area (Å²) in [6.07, 6.45) is 1.73. The van der Waals surface area contributed by atoms with Crippen LogP contribution in [0.15, 0.2) is 65.6 Å². The van der Waals surface area contributed by atoms with E-state index in [1.807, 2.05) is 48.5 Å². The summed E-state index contributed by atoms with van der Waals surface area (Å²) in [6.45, 7) is 9.60. The Labute approximate surface area is 223 Å². The Bertz CT molecular complexity index is 1580. The van der Waals surface area contributed by atoms with Gasteiger partial charge in [-0.2, -0.15) is 4.98 Å². The SMILES string of the molecule is COc1cc(N2CCOCC2)ccc1Nc1ncc2c(C#C[Si](C)(C)C)cc(=O)n(-c3ccccc3)c2n1. The van der Waals surface area contributed by atoms with E-state index in [2.05, 4.69) is 46.3 Å². The maximum Gasteiger partial charge on any atom is 0.258 e. The van der Waals surface area contributed by atoms with Crippen molar-refractivity contribution in [2.24, 2.45) is 0 Å². The predicted octanol–water partition coefficient (Wildman–Crippen LogP) is 4.60. The molecule has 8 nitrogen and oxygen atoms in total. The summed E-state index contributed by atoms with van der Waals surface area (Å²) in [5.41, 5.74) is 6.82. The minimum absolute atomic E-state index is 0.194. The number of anilines is 3. The highest BCUT2D eigenvalue weighted by molar-refractivity contribution is 6.83. The summed E-state index contributed by atoms with van der Waals surface area (Å²) in [4.78, 5) is 25.0. The number of aromatic nitrogens is 3. The molecule has 1 fully saturated rings. The van der Waals surface area contributed by atoms with Gasteiger partial charge in [-0.3, -0.25) is 9.36 Å². The summed E-state index contributed by atoms with van der Waals surface area (Å²) in [7, 11) is -0.0193. The van der Waals surface area contributed by atoms with Gasteiger partial charge in [0.15, 0.2) is 5.65 Å².